The molecule has 0 aromatic carbocycles. The minimum atomic E-state index is -3.73. The minimum absolute atomic E-state index is 0.0599. The second kappa shape index (κ2) is 3.89. The Hall–Kier alpha value is -1.21. The number of primary sulfonamides is 1. The molecular formula is C7H11N3O3S. The average molecular weight is 217 g/mol. The Morgan fingerprint density at radius 1 is 1.36 bits per heavy atom. The summed E-state index contributed by atoms with van der Waals surface area (Å²) in [7, 11) is -3.73. The molecule has 7 heteroatoms. The van der Waals surface area contributed by atoms with E-state index in [0.717, 1.165) is 12.4 Å². The Morgan fingerprint density at radius 3 is 2.21 bits per heavy atom. The number of aromatic nitrogens is 2. The number of rotatable bonds is 3. The highest BCUT2D eigenvalue weighted by Gasteiger charge is 2.09. The third kappa shape index (κ3) is 2.93. The van der Waals surface area contributed by atoms with E-state index in [1.165, 1.54) is 0 Å². The molecule has 0 aliphatic carbocycles. The van der Waals surface area contributed by atoms with Crippen LogP contribution in [0.1, 0.15) is 13.8 Å². The van der Waals surface area contributed by atoms with Gasteiger partial charge in [-0.15, -0.1) is 0 Å². The fourth-order valence-electron chi connectivity index (χ4n) is 0.723. The molecular weight excluding hydrogens is 206 g/mol. The van der Waals surface area contributed by atoms with Gasteiger partial charge in [0, 0.05) is 0 Å². The largest absolute Gasteiger partial charge is 0.461 e. The SMILES string of the molecule is CC(C)Oc1ncc(S(N)(=O)=O)cn1. The first-order valence-electron chi connectivity index (χ1n) is 3.91. The van der Waals surface area contributed by atoms with E-state index in [2.05, 4.69) is 9.97 Å². The first kappa shape index (κ1) is 10.9. The topological polar surface area (TPSA) is 95.2 Å². The highest BCUT2D eigenvalue weighted by atomic mass is 32.2. The van der Waals surface area contributed by atoms with Crippen LogP contribution in [0.4, 0.5) is 0 Å². The third-order valence-electron chi connectivity index (χ3n) is 1.27. The molecule has 0 aliphatic heterocycles. The molecule has 0 unspecified atom stereocenters. The summed E-state index contributed by atoms with van der Waals surface area (Å²) in [5.74, 6) is 0. The molecule has 78 valence electrons. The van der Waals surface area contributed by atoms with Crippen LogP contribution < -0.4 is 9.88 Å². The molecule has 0 aliphatic rings. The van der Waals surface area contributed by atoms with E-state index in [4.69, 9.17) is 9.88 Å². The molecule has 1 rings (SSSR count). The van der Waals surface area contributed by atoms with Gasteiger partial charge >= 0.3 is 6.01 Å². The Morgan fingerprint density at radius 2 is 1.86 bits per heavy atom. The van der Waals surface area contributed by atoms with Crippen LogP contribution in [-0.4, -0.2) is 24.5 Å². The zero-order valence-electron chi connectivity index (χ0n) is 7.84. The Labute approximate surface area is 82.2 Å². The van der Waals surface area contributed by atoms with Crippen LogP contribution in [0, 0.1) is 0 Å². The molecule has 1 heterocycles. The molecule has 0 saturated carbocycles. The van der Waals surface area contributed by atoms with E-state index in [9.17, 15) is 8.42 Å². The molecule has 14 heavy (non-hydrogen) atoms. The van der Waals surface area contributed by atoms with Gasteiger partial charge in [0.15, 0.2) is 0 Å². The Balaban J connectivity index is 2.90. The van der Waals surface area contributed by atoms with Crippen molar-refractivity contribution in [1.82, 2.24) is 9.97 Å². The summed E-state index contributed by atoms with van der Waals surface area (Å²) < 4.78 is 26.8. The van der Waals surface area contributed by atoms with Crippen LogP contribution in [0.25, 0.3) is 0 Å². The molecule has 0 atom stereocenters. The molecule has 0 spiro atoms. The lowest BCUT2D eigenvalue weighted by molar-refractivity contribution is 0.221. The van der Waals surface area contributed by atoms with E-state index in [0.29, 0.717) is 0 Å². The zero-order valence-corrected chi connectivity index (χ0v) is 8.65. The predicted molar refractivity (Wildman–Crippen MR) is 49.2 cm³/mol. The van der Waals surface area contributed by atoms with Gasteiger partial charge in [-0.3, -0.25) is 0 Å². The lowest BCUT2D eigenvalue weighted by Gasteiger charge is -2.06. The van der Waals surface area contributed by atoms with Crippen molar-refractivity contribution in [2.24, 2.45) is 5.14 Å². The molecule has 1 aromatic heterocycles. The number of nitrogens with two attached hydrogens (primary N) is 1. The molecule has 0 saturated heterocycles. The van der Waals surface area contributed by atoms with E-state index < -0.39 is 10.0 Å². The van der Waals surface area contributed by atoms with Gasteiger partial charge in [-0.05, 0) is 13.8 Å². The third-order valence-corrected chi connectivity index (χ3v) is 2.14. The molecule has 0 amide bonds. The van der Waals surface area contributed by atoms with E-state index >= 15 is 0 Å². The predicted octanol–water partition coefficient (Wildman–Crippen LogP) is -0.0888. The lowest BCUT2D eigenvalue weighted by Crippen LogP contribution is -2.14. The van der Waals surface area contributed by atoms with Crippen LogP contribution in [0.15, 0.2) is 17.3 Å². The zero-order chi connectivity index (χ0) is 10.8. The molecule has 0 bridgehead atoms. The summed E-state index contributed by atoms with van der Waals surface area (Å²) in [6.07, 6.45) is 2.16. The van der Waals surface area contributed by atoms with Crippen molar-refractivity contribution in [2.45, 2.75) is 24.8 Å². The summed E-state index contributed by atoms with van der Waals surface area (Å²) in [4.78, 5) is 7.25. The number of nitrogens with zero attached hydrogens (tertiary/aromatic N) is 2. The van der Waals surface area contributed by atoms with Crippen molar-refractivity contribution in [3.8, 4) is 6.01 Å². The monoisotopic (exact) mass is 217 g/mol. The van der Waals surface area contributed by atoms with Gasteiger partial charge in [0.25, 0.3) is 0 Å². The fourth-order valence-corrected chi connectivity index (χ4v) is 1.12. The van der Waals surface area contributed by atoms with Gasteiger partial charge in [0.1, 0.15) is 4.90 Å². The van der Waals surface area contributed by atoms with Gasteiger partial charge in [-0.1, -0.05) is 0 Å². The smallest absolute Gasteiger partial charge is 0.316 e. The average Bonchev–Trinajstić information content (AvgIpc) is 2.02. The van der Waals surface area contributed by atoms with Gasteiger partial charge < -0.3 is 4.74 Å². The van der Waals surface area contributed by atoms with E-state index in [-0.39, 0.29) is 17.0 Å². The second-order valence-corrected chi connectivity index (χ2v) is 4.47. The van der Waals surface area contributed by atoms with Crippen molar-refractivity contribution in [2.75, 3.05) is 0 Å². The van der Waals surface area contributed by atoms with Gasteiger partial charge in [0.2, 0.25) is 10.0 Å². The molecule has 1 aromatic rings. The highest BCUT2D eigenvalue weighted by Crippen LogP contribution is 2.07. The maximum Gasteiger partial charge on any atom is 0.316 e. The molecule has 6 nitrogen and oxygen atoms in total. The second-order valence-electron chi connectivity index (χ2n) is 2.91. The Bertz CT molecular complexity index is 399. The molecule has 0 fully saturated rings. The number of hydrogen-bond donors (Lipinski definition) is 1. The normalized spacial score (nSPS) is 11.7. The maximum atomic E-state index is 10.8. The summed E-state index contributed by atoms with van der Waals surface area (Å²) in [5, 5.41) is 4.86. The van der Waals surface area contributed by atoms with Crippen LogP contribution in [-0.2, 0) is 10.0 Å². The van der Waals surface area contributed by atoms with Crippen molar-refractivity contribution in [3.05, 3.63) is 12.4 Å². The Kier molecular flexibility index (Phi) is 3.02. The van der Waals surface area contributed by atoms with Crippen molar-refractivity contribution in [1.29, 1.82) is 0 Å². The standard InChI is InChI=1S/C7H11N3O3S/c1-5(2)13-7-9-3-6(4-10-7)14(8,11)12/h3-5H,1-2H3,(H2,8,11,12). The van der Waals surface area contributed by atoms with Gasteiger partial charge in [0.05, 0.1) is 18.5 Å². The minimum Gasteiger partial charge on any atom is -0.461 e. The lowest BCUT2D eigenvalue weighted by atomic mass is 10.5. The first-order chi connectivity index (χ1) is 6.39. The summed E-state index contributed by atoms with van der Waals surface area (Å²) in [6, 6.07) is 0.132. The summed E-state index contributed by atoms with van der Waals surface area (Å²) in [6.45, 7) is 3.63. The quantitative estimate of drug-likeness (QED) is 0.763. The number of hydrogen-bond acceptors (Lipinski definition) is 5. The highest BCUT2D eigenvalue weighted by molar-refractivity contribution is 7.89. The fraction of sp³-hybridized carbons (Fsp3) is 0.429. The van der Waals surface area contributed by atoms with Crippen LogP contribution >= 0.6 is 0 Å². The van der Waals surface area contributed by atoms with Crippen molar-refractivity contribution in [3.63, 3.8) is 0 Å². The summed E-state index contributed by atoms with van der Waals surface area (Å²) in [5.41, 5.74) is 0. The first-order valence-corrected chi connectivity index (χ1v) is 5.45. The van der Waals surface area contributed by atoms with Crippen LogP contribution in [0.5, 0.6) is 6.01 Å². The van der Waals surface area contributed by atoms with Crippen molar-refractivity contribution < 1.29 is 13.2 Å². The van der Waals surface area contributed by atoms with Gasteiger partial charge in [-0.2, -0.15) is 0 Å². The molecule has 0 radical (unpaired) electrons. The van der Waals surface area contributed by atoms with E-state index in [1.54, 1.807) is 0 Å². The van der Waals surface area contributed by atoms with Crippen LogP contribution in [0.2, 0.25) is 0 Å². The number of sulfonamides is 1. The van der Waals surface area contributed by atoms with E-state index in [1.807, 2.05) is 13.8 Å². The maximum absolute atomic E-state index is 10.8. The van der Waals surface area contributed by atoms with Crippen LogP contribution in [0.3, 0.4) is 0 Å². The van der Waals surface area contributed by atoms with Crippen molar-refractivity contribution >= 4 is 10.0 Å². The molecule has 2 N–H and O–H groups in total. The van der Waals surface area contributed by atoms with Gasteiger partial charge in [-0.25, -0.2) is 23.5 Å². The summed E-state index contributed by atoms with van der Waals surface area (Å²) >= 11 is 0. The number of ether oxygens (including phenoxy) is 1.